The van der Waals surface area contributed by atoms with E-state index in [1.807, 2.05) is 18.2 Å². The number of carbonyl (C=O) groups excluding carboxylic acids is 2. The number of phosphoric ester groups is 1. The average Bonchev–Trinajstić information content (AvgIpc) is 3.35. The Kier molecular flexibility index (Phi) is 27.4. The standard InChI is InChI=1S/C39H69O11P/c1-3-5-7-8-9-10-11-12-13-14-15-16-21-25-38(43)48-30-33(31-49-51(45,46)47)50-39(44)26-22-18-17-20-24-34-35(37(42)29-36(34)41)28-27-32(40)23-19-6-4-2/h10-11,17,20,27-28,32-37,40-42H,3-9,12-16,18-19,21-26,29-31H2,1-2H3,(H2,45,46,47)/b11-10-,20-17+,28-27+/t32-,33+,34+,35+,36-,37+/m0/s1. The summed E-state index contributed by atoms with van der Waals surface area (Å²) in [6.45, 7) is 3.34. The van der Waals surface area contributed by atoms with Crippen molar-refractivity contribution in [1.29, 1.82) is 0 Å². The molecule has 0 aromatic heterocycles. The number of esters is 2. The van der Waals surface area contributed by atoms with Gasteiger partial charge in [0.05, 0.1) is 24.9 Å². The third-order valence-electron chi connectivity index (χ3n) is 9.20. The predicted octanol–water partition coefficient (Wildman–Crippen LogP) is 7.78. The first-order valence-electron chi connectivity index (χ1n) is 19.5. The van der Waals surface area contributed by atoms with E-state index in [9.17, 15) is 29.5 Å². The van der Waals surface area contributed by atoms with Crippen molar-refractivity contribution in [3.63, 3.8) is 0 Å². The Hall–Kier alpha value is -1.85. The van der Waals surface area contributed by atoms with E-state index in [0.29, 0.717) is 32.1 Å². The van der Waals surface area contributed by atoms with Gasteiger partial charge >= 0.3 is 19.8 Å². The number of hydrogen-bond donors (Lipinski definition) is 5. The average molecular weight is 745 g/mol. The highest BCUT2D eigenvalue weighted by Crippen LogP contribution is 2.37. The number of ether oxygens (including phenoxy) is 2. The molecule has 51 heavy (non-hydrogen) atoms. The molecular weight excluding hydrogens is 675 g/mol. The van der Waals surface area contributed by atoms with Gasteiger partial charge in [0.25, 0.3) is 0 Å². The van der Waals surface area contributed by atoms with Crippen molar-refractivity contribution >= 4 is 19.8 Å². The third kappa shape index (κ3) is 25.7. The lowest BCUT2D eigenvalue weighted by Gasteiger charge is -2.19. The lowest BCUT2D eigenvalue weighted by atomic mass is 9.89. The van der Waals surface area contributed by atoms with Gasteiger partial charge in [0.15, 0.2) is 6.10 Å². The van der Waals surface area contributed by atoms with Crippen LogP contribution < -0.4 is 0 Å². The molecule has 1 aliphatic carbocycles. The van der Waals surface area contributed by atoms with E-state index in [4.69, 9.17) is 19.3 Å². The van der Waals surface area contributed by atoms with Crippen LogP contribution in [0, 0.1) is 11.8 Å². The zero-order valence-electron chi connectivity index (χ0n) is 31.3. The monoisotopic (exact) mass is 744 g/mol. The quantitative estimate of drug-likeness (QED) is 0.0202. The predicted molar refractivity (Wildman–Crippen MR) is 200 cm³/mol. The summed E-state index contributed by atoms with van der Waals surface area (Å²) in [5.74, 6) is -1.51. The van der Waals surface area contributed by atoms with Crippen molar-refractivity contribution in [2.45, 2.75) is 173 Å². The van der Waals surface area contributed by atoms with E-state index >= 15 is 0 Å². The van der Waals surface area contributed by atoms with Crippen LogP contribution in [0.5, 0.6) is 0 Å². The molecule has 0 aromatic rings. The summed E-state index contributed by atoms with van der Waals surface area (Å²) >= 11 is 0. The maximum absolute atomic E-state index is 12.5. The Morgan fingerprint density at radius 2 is 1.33 bits per heavy atom. The van der Waals surface area contributed by atoms with E-state index < -0.39 is 50.8 Å². The molecule has 0 spiro atoms. The molecule has 1 rings (SSSR count). The van der Waals surface area contributed by atoms with Gasteiger partial charge in [0.2, 0.25) is 0 Å². The van der Waals surface area contributed by atoms with Crippen LogP contribution in [0.3, 0.4) is 0 Å². The molecule has 5 N–H and O–H groups in total. The highest BCUT2D eigenvalue weighted by atomic mass is 31.2. The number of rotatable bonds is 31. The number of allylic oxidation sites excluding steroid dienone is 4. The van der Waals surface area contributed by atoms with Crippen molar-refractivity contribution in [2.75, 3.05) is 13.2 Å². The lowest BCUT2D eigenvalue weighted by Crippen LogP contribution is -2.29. The Balaban J connectivity index is 2.36. The van der Waals surface area contributed by atoms with Gasteiger partial charge in [-0.2, -0.15) is 0 Å². The molecule has 0 bridgehead atoms. The van der Waals surface area contributed by atoms with Gasteiger partial charge in [-0.25, -0.2) is 4.57 Å². The fourth-order valence-corrected chi connectivity index (χ4v) is 6.54. The topological polar surface area (TPSA) is 180 Å². The van der Waals surface area contributed by atoms with Gasteiger partial charge in [-0.1, -0.05) is 108 Å². The van der Waals surface area contributed by atoms with E-state index in [0.717, 1.165) is 57.8 Å². The van der Waals surface area contributed by atoms with Crippen LogP contribution in [0.25, 0.3) is 0 Å². The summed E-state index contributed by atoms with van der Waals surface area (Å²) in [4.78, 5) is 42.9. The van der Waals surface area contributed by atoms with Crippen molar-refractivity contribution < 1.29 is 53.3 Å². The fourth-order valence-electron chi connectivity index (χ4n) is 6.18. The number of carbonyl (C=O) groups is 2. The summed E-state index contributed by atoms with van der Waals surface area (Å²) in [6.07, 6.45) is 26.8. The molecule has 11 nitrogen and oxygen atoms in total. The highest BCUT2D eigenvalue weighted by Gasteiger charge is 2.39. The van der Waals surface area contributed by atoms with Crippen LogP contribution >= 0.6 is 7.82 Å². The number of hydrogen-bond acceptors (Lipinski definition) is 9. The summed E-state index contributed by atoms with van der Waals surface area (Å²) in [7, 11) is -4.82. The smallest absolute Gasteiger partial charge is 0.462 e. The third-order valence-corrected chi connectivity index (χ3v) is 9.69. The lowest BCUT2D eigenvalue weighted by molar-refractivity contribution is -0.161. The van der Waals surface area contributed by atoms with Gasteiger partial charge in [-0.05, 0) is 63.7 Å². The molecule has 0 heterocycles. The number of unbranched alkanes of at least 4 members (excludes halogenated alkanes) is 12. The largest absolute Gasteiger partial charge is 0.469 e. The van der Waals surface area contributed by atoms with Gasteiger partial charge in [-0.15, -0.1) is 0 Å². The van der Waals surface area contributed by atoms with Crippen LogP contribution in [-0.2, 0) is 28.2 Å². The molecule has 6 atom stereocenters. The minimum atomic E-state index is -4.82. The Bertz CT molecular complexity index is 1040. The second-order valence-electron chi connectivity index (χ2n) is 13.9. The molecule has 0 unspecified atom stereocenters. The van der Waals surface area contributed by atoms with Crippen LogP contribution in [0.2, 0.25) is 0 Å². The molecule has 12 heteroatoms. The minimum absolute atomic E-state index is 0.0332. The first kappa shape index (κ1) is 47.2. The van der Waals surface area contributed by atoms with Gasteiger partial charge in [0.1, 0.15) is 6.61 Å². The molecule has 1 saturated carbocycles. The minimum Gasteiger partial charge on any atom is -0.462 e. The fraction of sp³-hybridized carbons (Fsp3) is 0.795. The second-order valence-corrected chi connectivity index (χ2v) is 15.1. The first-order valence-corrected chi connectivity index (χ1v) is 21.1. The molecule has 0 aromatic carbocycles. The van der Waals surface area contributed by atoms with Gasteiger partial charge in [0, 0.05) is 25.2 Å². The summed E-state index contributed by atoms with van der Waals surface area (Å²) in [5, 5.41) is 31.1. The SMILES string of the molecule is CCCCCC/C=C\CCCCCCCC(=O)OC[C@H](COP(=O)(O)O)OC(=O)CCC/C=C/C[C@@H]1[C@@H](/C=C/[C@@H](O)CCCCC)[C@H](O)C[C@@H]1O. The van der Waals surface area contributed by atoms with Crippen molar-refractivity contribution in [3.05, 3.63) is 36.5 Å². The molecule has 1 fully saturated rings. The summed E-state index contributed by atoms with van der Waals surface area (Å²) in [5.41, 5.74) is 0. The van der Waals surface area contributed by atoms with Crippen molar-refractivity contribution in [2.24, 2.45) is 11.8 Å². The Morgan fingerprint density at radius 3 is 2.02 bits per heavy atom. The maximum Gasteiger partial charge on any atom is 0.469 e. The number of aliphatic hydroxyl groups is 3. The van der Waals surface area contributed by atoms with Crippen molar-refractivity contribution in [3.8, 4) is 0 Å². The van der Waals surface area contributed by atoms with Crippen LogP contribution in [0.4, 0.5) is 0 Å². The van der Waals surface area contributed by atoms with E-state index in [2.05, 4.69) is 30.5 Å². The highest BCUT2D eigenvalue weighted by molar-refractivity contribution is 7.46. The summed E-state index contributed by atoms with van der Waals surface area (Å²) < 4.78 is 26.3. The van der Waals surface area contributed by atoms with E-state index in [1.165, 1.54) is 25.7 Å². The maximum atomic E-state index is 12.5. The summed E-state index contributed by atoms with van der Waals surface area (Å²) in [6, 6.07) is 0. The molecule has 0 amide bonds. The van der Waals surface area contributed by atoms with Crippen molar-refractivity contribution in [1.82, 2.24) is 0 Å². The van der Waals surface area contributed by atoms with Gasteiger partial charge in [-0.3, -0.25) is 14.1 Å². The molecule has 1 aliphatic rings. The number of aliphatic hydroxyl groups excluding tert-OH is 3. The van der Waals surface area contributed by atoms with Crippen LogP contribution in [0.1, 0.15) is 149 Å². The molecule has 0 radical (unpaired) electrons. The molecule has 0 saturated heterocycles. The molecular formula is C39H69O11P. The molecule has 296 valence electrons. The van der Waals surface area contributed by atoms with Gasteiger partial charge < -0.3 is 34.6 Å². The van der Waals surface area contributed by atoms with Crippen LogP contribution in [0.15, 0.2) is 36.5 Å². The zero-order chi connectivity index (χ0) is 37.7. The van der Waals surface area contributed by atoms with E-state index in [-0.39, 0.29) is 37.7 Å². The normalized spacial score (nSPS) is 20.8. The number of phosphoric acid groups is 1. The zero-order valence-corrected chi connectivity index (χ0v) is 32.2. The molecule has 0 aliphatic heterocycles. The Morgan fingerprint density at radius 1 is 0.745 bits per heavy atom. The Labute approximate surface area is 307 Å². The second kappa shape index (κ2) is 29.6. The van der Waals surface area contributed by atoms with E-state index in [1.54, 1.807) is 6.08 Å². The first-order chi connectivity index (χ1) is 24.5. The van der Waals surface area contributed by atoms with Crippen LogP contribution in [-0.4, -0.2) is 74.7 Å².